The highest BCUT2D eigenvalue weighted by Gasteiger charge is 2.23. The van der Waals surface area contributed by atoms with E-state index in [-0.39, 0.29) is 12.1 Å². The van der Waals surface area contributed by atoms with Gasteiger partial charge in [0, 0.05) is 6.92 Å². The monoisotopic (exact) mass is 256 g/mol. The summed E-state index contributed by atoms with van der Waals surface area (Å²) in [6.07, 6.45) is 4.10. The van der Waals surface area contributed by atoms with Crippen LogP contribution in [0, 0.1) is 0 Å². The average Bonchev–Trinajstić information content (AvgIpc) is 2.31. The predicted molar refractivity (Wildman–Crippen MR) is 76.8 cm³/mol. The Morgan fingerprint density at radius 1 is 1.18 bits per heavy atom. The molecule has 0 saturated carbocycles. The minimum Gasteiger partial charge on any atom is -0.458 e. The smallest absolute Gasteiger partial charge is 0.303 e. The standard InChI is InChI=1S/C14H28O2Si/c1-6-10-14(16-13(5)15)11-12-17(7-2,8-3)9-4/h11-12,14H,6-10H2,1-5H3/b12-11+. The number of esters is 1. The fourth-order valence-electron chi connectivity index (χ4n) is 2.11. The van der Waals surface area contributed by atoms with Crippen LogP contribution in [0.2, 0.25) is 18.1 Å². The third-order valence-electron chi connectivity index (χ3n) is 3.67. The van der Waals surface area contributed by atoms with Gasteiger partial charge in [-0.1, -0.05) is 64.0 Å². The fourth-order valence-corrected chi connectivity index (χ4v) is 4.94. The molecule has 0 saturated heterocycles. The lowest BCUT2D eigenvalue weighted by atomic mass is 10.2. The number of hydrogen-bond donors (Lipinski definition) is 0. The number of carbonyl (C=O) groups is 1. The molecule has 0 fully saturated rings. The van der Waals surface area contributed by atoms with Gasteiger partial charge in [-0.15, -0.1) is 0 Å². The van der Waals surface area contributed by atoms with Gasteiger partial charge in [0.1, 0.15) is 6.10 Å². The molecule has 0 spiro atoms. The van der Waals surface area contributed by atoms with Gasteiger partial charge in [0.2, 0.25) is 0 Å². The molecule has 0 radical (unpaired) electrons. The first-order chi connectivity index (χ1) is 8.03. The molecule has 3 heteroatoms. The number of ether oxygens (including phenoxy) is 1. The first kappa shape index (κ1) is 16.4. The van der Waals surface area contributed by atoms with Crippen LogP contribution in [0.5, 0.6) is 0 Å². The molecule has 0 aromatic heterocycles. The lowest BCUT2D eigenvalue weighted by Crippen LogP contribution is -2.29. The van der Waals surface area contributed by atoms with E-state index in [0.717, 1.165) is 12.8 Å². The lowest BCUT2D eigenvalue weighted by Gasteiger charge is -2.24. The predicted octanol–water partition coefficient (Wildman–Crippen LogP) is 4.32. The van der Waals surface area contributed by atoms with Crippen molar-refractivity contribution in [1.29, 1.82) is 0 Å². The fraction of sp³-hybridized carbons (Fsp3) is 0.786. The Labute approximate surface area is 107 Å². The van der Waals surface area contributed by atoms with Gasteiger partial charge in [-0.25, -0.2) is 0 Å². The van der Waals surface area contributed by atoms with Crippen molar-refractivity contribution in [2.24, 2.45) is 0 Å². The van der Waals surface area contributed by atoms with E-state index in [1.54, 1.807) is 0 Å². The van der Waals surface area contributed by atoms with Crippen molar-refractivity contribution in [2.75, 3.05) is 0 Å². The summed E-state index contributed by atoms with van der Waals surface area (Å²) in [6, 6.07) is 3.82. The summed E-state index contributed by atoms with van der Waals surface area (Å²) in [5.41, 5.74) is 2.40. The highest BCUT2D eigenvalue weighted by molar-refractivity contribution is 6.84. The second-order valence-corrected chi connectivity index (χ2v) is 9.90. The Balaban J connectivity index is 4.64. The molecule has 0 rings (SSSR count). The van der Waals surface area contributed by atoms with E-state index < -0.39 is 8.07 Å². The van der Waals surface area contributed by atoms with Crippen LogP contribution in [0.15, 0.2) is 11.8 Å². The molecule has 17 heavy (non-hydrogen) atoms. The summed E-state index contributed by atoms with van der Waals surface area (Å²) in [6.45, 7) is 10.5. The van der Waals surface area contributed by atoms with Crippen LogP contribution in [-0.2, 0) is 9.53 Å². The van der Waals surface area contributed by atoms with Crippen LogP contribution in [0.1, 0.15) is 47.5 Å². The molecule has 0 heterocycles. The maximum Gasteiger partial charge on any atom is 0.303 e. The van der Waals surface area contributed by atoms with Crippen molar-refractivity contribution in [2.45, 2.75) is 71.7 Å². The van der Waals surface area contributed by atoms with Gasteiger partial charge in [-0.3, -0.25) is 4.79 Å². The molecule has 0 aromatic rings. The van der Waals surface area contributed by atoms with Gasteiger partial charge in [0.25, 0.3) is 0 Å². The summed E-state index contributed by atoms with van der Waals surface area (Å²) >= 11 is 0. The zero-order chi connectivity index (χ0) is 13.3. The van der Waals surface area contributed by atoms with Crippen LogP contribution in [0.3, 0.4) is 0 Å². The third kappa shape index (κ3) is 6.06. The Hall–Kier alpha value is -0.573. The van der Waals surface area contributed by atoms with E-state index in [9.17, 15) is 4.79 Å². The maximum absolute atomic E-state index is 11.0. The molecule has 1 unspecified atom stereocenters. The van der Waals surface area contributed by atoms with Gasteiger partial charge in [-0.05, 0) is 6.42 Å². The summed E-state index contributed by atoms with van der Waals surface area (Å²) in [5.74, 6) is -0.176. The van der Waals surface area contributed by atoms with Gasteiger partial charge in [0.15, 0.2) is 0 Å². The summed E-state index contributed by atoms with van der Waals surface area (Å²) in [7, 11) is -1.23. The average molecular weight is 256 g/mol. The molecule has 100 valence electrons. The van der Waals surface area contributed by atoms with Crippen LogP contribution in [-0.4, -0.2) is 20.1 Å². The van der Waals surface area contributed by atoms with Gasteiger partial charge in [0.05, 0.1) is 8.07 Å². The topological polar surface area (TPSA) is 26.3 Å². The zero-order valence-corrected chi connectivity index (χ0v) is 13.1. The Morgan fingerprint density at radius 2 is 1.71 bits per heavy atom. The van der Waals surface area contributed by atoms with E-state index >= 15 is 0 Å². The Kier molecular flexibility index (Phi) is 8.22. The van der Waals surface area contributed by atoms with Crippen molar-refractivity contribution < 1.29 is 9.53 Å². The largest absolute Gasteiger partial charge is 0.458 e. The molecular formula is C14H28O2Si. The van der Waals surface area contributed by atoms with E-state index in [1.165, 1.54) is 25.1 Å². The highest BCUT2D eigenvalue weighted by Crippen LogP contribution is 2.22. The second-order valence-electron chi connectivity index (χ2n) is 4.72. The van der Waals surface area contributed by atoms with Crippen LogP contribution in [0.25, 0.3) is 0 Å². The summed E-state index contributed by atoms with van der Waals surface area (Å²) in [4.78, 5) is 11.0. The van der Waals surface area contributed by atoms with Crippen molar-refractivity contribution >= 4 is 14.0 Å². The van der Waals surface area contributed by atoms with Crippen LogP contribution >= 0.6 is 0 Å². The lowest BCUT2D eigenvalue weighted by molar-refractivity contribution is -0.144. The molecular weight excluding hydrogens is 228 g/mol. The number of carbonyl (C=O) groups excluding carboxylic acids is 1. The molecule has 0 aromatic carbocycles. The number of hydrogen-bond acceptors (Lipinski definition) is 2. The van der Waals surface area contributed by atoms with E-state index in [4.69, 9.17) is 4.74 Å². The number of rotatable bonds is 8. The van der Waals surface area contributed by atoms with Crippen molar-refractivity contribution in [3.05, 3.63) is 11.8 Å². The minimum atomic E-state index is -1.23. The van der Waals surface area contributed by atoms with Crippen LogP contribution < -0.4 is 0 Å². The maximum atomic E-state index is 11.0. The quantitative estimate of drug-likeness (QED) is 0.477. The van der Waals surface area contributed by atoms with Crippen molar-refractivity contribution in [3.8, 4) is 0 Å². The Bertz CT molecular complexity index is 236. The summed E-state index contributed by atoms with van der Waals surface area (Å²) < 4.78 is 5.32. The first-order valence-electron chi connectivity index (χ1n) is 6.90. The van der Waals surface area contributed by atoms with Gasteiger partial charge >= 0.3 is 5.97 Å². The van der Waals surface area contributed by atoms with Gasteiger partial charge < -0.3 is 4.74 Å². The second kappa shape index (κ2) is 8.51. The normalized spacial score (nSPS) is 13.9. The van der Waals surface area contributed by atoms with Crippen molar-refractivity contribution in [3.63, 3.8) is 0 Å². The van der Waals surface area contributed by atoms with Crippen LogP contribution in [0.4, 0.5) is 0 Å². The highest BCUT2D eigenvalue weighted by atomic mass is 28.3. The third-order valence-corrected chi connectivity index (χ3v) is 8.79. The molecule has 0 N–H and O–H groups in total. The molecule has 2 nitrogen and oxygen atoms in total. The van der Waals surface area contributed by atoms with Crippen molar-refractivity contribution in [1.82, 2.24) is 0 Å². The van der Waals surface area contributed by atoms with E-state index in [0.29, 0.717) is 0 Å². The van der Waals surface area contributed by atoms with E-state index in [1.807, 2.05) is 0 Å². The SMILES string of the molecule is CCCC(/C=C/[Si](CC)(CC)CC)OC(C)=O. The molecule has 0 aliphatic carbocycles. The molecule has 0 aliphatic heterocycles. The first-order valence-corrected chi connectivity index (χ1v) is 9.60. The Morgan fingerprint density at radius 3 is 2.06 bits per heavy atom. The summed E-state index contributed by atoms with van der Waals surface area (Å²) in [5, 5.41) is 0. The molecule has 0 aliphatic rings. The molecule has 0 amide bonds. The van der Waals surface area contributed by atoms with Gasteiger partial charge in [-0.2, -0.15) is 0 Å². The zero-order valence-electron chi connectivity index (χ0n) is 12.1. The molecule has 1 atom stereocenters. The van der Waals surface area contributed by atoms with E-state index in [2.05, 4.69) is 39.5 Å². The molecule has 0 bridgehead atoms. The minimum absolute atomic E-state index is 0.0194.